The molecule has 0 bridgehead atoms. The van der Waals surface area contributed by atoms with Gasteiger partial charge in [0.2, 0.25) is 0 Å². The minimum Gasteiger partial charge on any atom is -0.462 e. The molecule has 0 atom stereocenters. The van der Waals surface area contributed by atoms with E-state index in [4.69, 9.17) is 17.0 Å². The van der Waals surface area contributed by atoms with Crippen LogP contribution in [-0.4, -0.2) is 30.3 Å². The van der Waals surface area contributed by atoms with Crippen LogP contribution in [0.2, 0.25) is 0 Å². The van der Waals surface area contributed by atoms with E-state index in [0.29, 0.717) is 18.2 Å². The molecular weight excluding hydrogens is 284 g/mol. The number of unbranched alkanes of at least 4 members (excludes halogenated alkanes) is 2. The number of hydrogen-bond acceptors (Lipinski definition) is 3. The highest BCUT2D eigenvalue weighted by atomic mass is 32.1. The highest BCUT2D eigenvalue weighted by Crippen LogP contribution is 2.17. The van der Waals surface area contributed by atoms with Gasteiger partial charge in [-0.25, -0.2) is 4.79 Å². The van der Waals surface area contributed by atoms with Gasteiger partial charge < -0.3 is 15.4 Å². The summed E-state index contributed by atoms with van der Waals surface area (Å²) >= 11 is 5.30. The lowest BCUT2D eigenvalue weighted by Gasteiger charge is -2.24. The summed E-state index contributed by atoms with van der Waals surface area (Å²) < 4.78 is 5.03. The average Bonchev–Trinajstić information content (AvgIpc) is 2.46. The van der Waals surface area contributed by atoms with E-state index < -0.39 is 0 Å². The molecule has 2 N–H and O–H groups in total. The van der Waals surface area contributed by atoms with Crippen molar-refractivity contribution in [3.8, 4) is 0 Å². The van der Waals surface area contributed by atoms with Gasteiger partial charge in [0.1, 0.15) is 0 Å². The largest absolute Gasteiger partial charge is 0.462 e. The second-order valence-electron chi connectivity index (χ2n) is 5.71. The quantitative estimate of drug-likeness (QED) is 0.312. The van der Waals surface area contributed by atoms with Crippen LogP contribution < -0.4 is 10.6 Å². The van der Waals surface area contributed by atoms with E-state index in [2.05, 4.69) is 17.2 Å². The van der Waals surface area contributed by atoms with Gasteiger partial charge in [0.15, 0.2) is 5.11 Å². The normalized spacial score (nSPS) is 15.3. The predicted molar refractivity (Wildman–Crippen MR) is 90.2 cm³/mol. The molecule has 4 nitrogen and oxygen atoms in total. The second kappa shape index (κ2) is 10.6. The summed E-state index contributed by atoms with van der Waals surface area (Å²) in [5.41, 5.74) is 0.454. The molecule has 0 aliphatic heterocycles. The van der Waals surface area contributed by atoms with Crippen LogP contribution in [0.3, 0.4) is 0 Å². The number of ether oxygens (including phenoxy) is 1. The molecule has 5 heteroatoms. The number of carbonyl (C=O) groups is 1. The van der Waals surface area contributed by atoms with Crippen molar-refractivity contribution >= 4 is 23.3 Å². The van der Waals surface area contributed by atoms with E-state index in [0.717, 1.165) is 30.9 Å². The van der Waals surface area contributed by atoms with Crippen LogP contribution in [0.4, 0.5) is 0 Å². The van der Waals surface area contributed by atoms with Crippen molar-refractivity contribution in [2.45, 2.75) is 64.3 Å². The van der Waals surface area contributed by atoms with Crippen molar-refractivity contribution in [3.63, 3.8) is 0 Å². The van der Waals surface area contributed by atoms with Crippen molar-refractivity contribution in [1.29, 1.82) is 0 Å². The number of thiocarbonyl (C=S) groups is 1. The SMILES string of the molecule is C=C(C)C(=O)OCCCCCNC(=S)NC1CCCCC1. The number of esters is 1. The Bertz CT molecular complexity index is 352. The Labute approximate surface area is 133 Å². The predicted octanol–water partition coefficient (Wildman–Crippen LogP) is 3.07. The zero-order valence-corrected chi connectivity index (χ0v) is 13.9. The third kappa shape index (κ3) is 8.71. The van der Waals surface area contributed by atoms with Gasteiger partial charge in [-0.05, 0) is 51.2 Å². The maximum Gasteiger partial charge on any atom is 0.333 e. The Hall–Kier alpha value is -1.10. The maximum atomic E-state index is 11.2. The summed E-state index contributed by atoms with van der Waals surface area (Å²) in [6.45, 7) is 6.54. The fourth-order valence-electron chi connectivity index (χ4n) is 2.38. The topological polar surface area (TPSA) is 50.4 Å². The number of rotatable bonds is 8. The number of nitrogens with one attached hydrogen (secondary N) is 2. The summed E-state index contributed by atoms with van der Waals surface area (Å²) in [4.78, 5) is 11.2. The molecule has 0 radical (unpaired) electrons. The minimum atomic E-state index is -0.300. The van der Waals surface area contributed by atoms with Crippen LogP contribution in [0.15, 0.2) is 12.2 Å². The fourth-order valence-corrected chi connectivity index (χ4v) is 2.65. The zero-order valence-electron chi connectivity index (χ0n) is 13.1. The Kier molecular flexibility index (Phi) is 9.06. The molecule has 0 unspecified atom stereocenters. The lowest BCUT2D eigenvalue weighted by molar-refractivity contribution is -0.139. The van der Waals surface area contributed by atoms with E-state index in [1.165, 1.54) is 32.1 Å². The molecule has 0 aromatic heterocycles. The van der Waals surface area contributed by atoms with E-state index in [9.17, 15) is 4.79 Å². The molecule has 1 fully saturated rings. The highest BCUT2D eigenvalue weighted by molar-refractivity contribution is 7.80. The average molecular weight is 312 g/mol. The van der Waals surface area contributed by atoms with E-state index in [1.54, 1.807) is 6.92 Å². The zero-order chi connectivity index (χ0) is 15.5. The third-order valence-electron chi connectivity index (χ3n) is 3.63. The Morgan fingerprint density at radius 3 is 2.62 bits per heavy atom. The van der Waals surface area contributed by atoms with Crippen molar-refractivity contribution in [3.05, 3.63) is 12.2 Å². The molecule has 0 aromatic rings. The lowest BCUT2D eigenvalue weighted by atomic mass is 9.96. The van der Waals surface area contributed by atoms with Crippen molar-refractivity contribution in [1.82, 2.24) is 10.6 Å². The van der Waals surface area contributed by atoms with Gasteiger partial charge in [-0.1, -0.05) is 25.8 Å². The first-order valence-electron chi connectivity index (χ1n) is 7.96. The molecule has 1 aliphatic carbocycles. The Morgan fingerprint density at radius 2 is 1.95 bits per heavy atom. The van der Waals surface area contributed by atoms with Crippen molar-refractivity contribution in [2.75, 3.05) is 13.2 Å². The molecular formula is C16H28N2O2S. The standard InChI is InChI=1S/C16H28N2O2S/c1-13(2)15(19)20-12-8-4-7-11-17-16(21)18-14-9-5-3-6-10-14/h14H,1,3-12H2,2H3,(H2,17,18,21). The van der Waals surface area contributed by atoms with E-state index in [-0.39, 0.29) is 5.97 Å². The third-order valence-corrected chi connectivity index (χ3v) is 3.89. The van der Waals surface area contributed by atoms with Gasteiger partial charge in [-0.3, -0.25) is 0 Å². The van der Waals surface area contributed by atoms with Gasteiger partial charge in [0, 0.05) is 18.2 Å². The molecule has 0 saturated heterocycles. The van der Waals surface area contributed by atoms with Crippen LogP contribution in [0.25, 0.3) is 0 Å². The molecule has 1 saturated carbocycles. The summed E-state index contributed by atoms with van der Waals surface area (Å²) in [6, 6.07) is 0.556. The van der Waals surface area contributed by atoms with E-state index >= 15 is 0 Å². The minimum absolute atomic E-state index is 0.300. The van der Waals surface area contributed by atoms with Crippen molar-refractivity contribution < 1.29 is 9.53 Å². The highest BCUT2D eigenvalue weighted by Gasteiger charge is 2.13. The summed E-state index contributed by atoms with van der Waals surface area (Å²) in [5, 5.41) is 7.41. The molecule has 1 aliphatic rings. The smallest absolute Gasteiger partial charge is 0.333 e. The molecule has 0 spiro atoms. The second-order valence-corrected chi connectivity index (χ2v) is 6.12. The van der Waals surface area contributed by atoms with Crippen molar-refractivity contribution in [2.24, 2.45) is 0 Å². The van der Waals surface area contributed by atoms with Gasteiger partial charge in [0.25, 0.3) is 0 Å². The van der Waals surface area contributed by atoms with Crippen LogP contribution in [0.5, 0.6) is 0 Å². The van der Waals surface area contributed by atoms with Crippen LogP contribution in [0.1, 0.15) is 58.3 Å². The molecule has 1 rings (SSSR count). The summed E-state index contributed by atoms with van der Waals surface area (Å²) in [7, 11) is 0. The molecule has 0 heterocycles. The van der Waals surface area contributed by atoms with Crippen LogP contribution in [-0.2, 0) is 9.53 Å². The van der Waals surface area contributed by atoms with Gasteiger partial charge in [-0.15, -0.1) is 0 Å². The first-order valence-corrected chi connectivity index (χ1v) is 8.37. The first kappa shape index (κ1) is 18.0. The Morgan fingerprint density at radius 1 is 1.24 bits per heavy atom. The molecule has 0 amide bonds. The summed E-state index contributed by atoms with van der Waals surface area (Å²) in [5.74, 6) is -0.300. The maximum absolute atomic E-state index is 11.2. The molecule has 120 valence electrons. The van der Waals surface area contributed by atoms with Gasteiger partial charge in [0.05, 0.1) is 6.61 Å². The Balaban J connectivity index is 1.92. The van der Waals surface area contributed by atoms with Crippen LogP contribution in [0, 0.1) is 0 Å². The molecule has 0 aromatic carbocycles. The van der Waals surface area contributed by atoms with Crippen LogP contribution >= 0.6 is 12.2 Å². The number of carbonyl (C=O) groups excluding carboxylic acids is 1. The lowest BCUT2D eigenvalue weighted by Crippen LogP contribution is -2.42. The molecule has 21 heavy (non-hydrogen) atoms. The fraction of sp³-hybridized carbons (Fsp3) is 0.750. The van der Waals surface area contributed by atoms with E-state index in [1.807, 2.05) is 0 Å². The first-order chi connectivity index (χ1) is 10.1. The van der Waals surface area contributed by atoms with Gasteiger partial charge >= 0.3 is 5.97 Å². The van der Waals surface area contributed by atoms with Gasteiger partial charge in [-0.2, -0.15) is 0 Å². The summed E-state index contributed by atoms with van der Waals surface area (Å²) in [6.07, 6.45) is 9.36. The monoisotopic (exact) mass is 312 g/mol. The number of hydrogen-bond donors (Lipinski definition) is 2.